The van der Waals surface area contributed by atoms with Gasteiger partial charge in [-0.05, 0) is 0 Å². The van der Waals surface area contributed by atoms with E-state index in [0.29, 0.717) is 11.6 Å². The van der Waals surface area contributed by atoms with Crippen LogP contribution in [0.25, 0.3) is 0 Å². The van der Waals surface area contributed by atoms with Crippen LogP contribution in [0, 0.1) is 0 Å². The SMILES string of the molecule is CCc1nccn1CC(Cl)=CCl. The Bertz CT molecular complexity index is 278. The Morgan fingerprint density at radius 3 is 3.08 bits per heavy atom. The highest BCUT2D eigenvalue weighted by Crippen LogP contribution is 2.09. The molecular weight excluding hydrogens is 195 g/mol. The fourth-order valence-electron chi connectivity index (χ4n) is 0.996. The van der Waals surface area contributed by atoms with Gasteiger partial charge in [0.1, 0.15) is 5.82 Å². The lowest BCUT2D eigenvalue weighted by atomic mass is 10.4. The second kappa shape index (κ2) is 4.53. The molecular formula is C8H10Cl2N2. The van der Waals surface area contributed by atoms with Crippen LogP contribution in [0.15, 0.2) is 23.0 Å². The third-order valence-corrected chi connectivity index (χ3v) is 2.16. The van der Waals surface area contributed by atoms with Gasteiger partial charge in [0, 0.05) is 29.4 Å². The Balaban J connectivity index is 2.74. The highest BCUT2D eigenvalue weighted by molar-refractivity contribution is 6.36. The van der Waals surface area contributed by atoms with E-state index in [1.54, 1.807) is 6.20 Å². The highest BCUT2D eigenvalue weighted by atomic mass is 35.5. The molecule has 0 saturated carbocycles. The van der Waals surface area contributed by atoms with Crippen LogP contribution >= 0.6 is 23.2 Å². The van der Waals surface area contributed by atoms with Gasteiger partial charge in [-0.25, -0.2) is 4.98 Å². The molecule has 2 nitrogen and oxygen atoms in total. The van der Waals surface area contributed by atoms with Crippen molar-refractivity contribution in [3.8, 4) is 0 Å². The van der Waals surface area contributed by atoms with E-state index in [9.17, 15) is 0 Å². The third kappa shape index (κ3) is 2.26. The number of aryl methyl sites for hydroxylation is 1. The normalized spacial score (nSPS) is 12.1. The quantitative estimate of drug-likeness (QED) is 0.741. The summed E-state index contributed by atoms with van der Waals surface area (Å²) >= 11 is 11.2. The number of hydrogen-bond acceptors (Lipinski definition) is 1. The molecule has 0 radical (unpaired) electrons. The van der Waals surface area contributed by atoms with E-state index in [1.165, 1.54) is 5.54 Å². The van der Waals surface area contributed by atoms with Crippen molar-refractivity contribution in [3.05, 3.63) is 28.8 Å². The first-order valence-corrected chi connectivity index (χ1v) is 4.54. The van der Waals surface area contributed by atoms with Gasteiger partial charge < -0.3 is 4.57 Å². The van der Waals surface area contributed by atoms with Crippen molar-refractivity contribution in [1.82, 2.24) is 9.55 Å². The van der Waals surface area contributed by atoms with Gasteiger partial charge in [-0.3, -0.25) is 0 Å². The molecule has 66 valence electrons. The molecule has 1 aromatic rings. The summed E-state index contributed by atoms with van der Waals surface area (Å²) in [4.78, 5) is 4.16. The van der Waals surface area contributed by atoms with Gasteiger partial charge in [-0.1, -0.05) is 30.1 Å². The van der Waals surface area contributed by atoms with E-state index in [4.69, 9.17) is 23.2 Å². The van der Waals surface area contributed by atoms with Gasteiger partial charge in [0.25, 0.3) is 0 Å². The molecule has 0 aromatic carbocycles. The average molecular weight is 205 g/mol. The number of halogens is 2. The standard InChI is InChI=1S/C8H10Cl2N2/c1-2-8-11-3-4-12(8)6-7(10)5-9/h3-5H,2,6H2,1H3. The zero-order chi connectivity index (χ0) is 8.97. The number of nitrogens with zero attached hydrogens (tertiary/aromatic N) is 2. The number of aromatic nitrogens is 2. The maximum Gasteiger partial charge on any atom is 0.108 e. The van der Waals surface area contributed by atoms with Crippen molar-refractivity contribution in [2.75, 3.05) is 0 Å². The fourth-order valence-corrected chi connectivity index (χ4v) is 1.19. The molecule has 0 atom stereocenters. The molecule has 0 fully saturated rings. The van der Waals surface area contributed by atoms with Crippen molar-refractivity contribution < 1.29 is 0 Å². The van der Waals surface area contributed by atoms with Gasteiger partial charge >= 0.3 is 0 Å². The van der Waals surface area contributed by atoms with Crippen LogP contribution in [0.2, 0.25) is 0 Å². The smallest absolute Gasteiger partial charge is 0.108 e. The highest BCUT2D eigenvalue weighted by Gasteiger charge is 2.00. The lowest BCUT2D eigenvalue weighted by Crippen LogP contribution is -2.01. The van der Waals surface area contributed by atoms with Crippen LogP contribution in [0.3, 0.4) is 0 Å². The second-order valence-corrected chi connectivity index (χ2v) is 3.08. The number of rotatable bonds is 3. The summed E-state index contributed by atoms with van der Waals surface area (Å²) in [6.45, 7) is 2.66. The van der Waals surface area contributed by atoms with Crippen molar-refractivity contribution in [1.29, 1.82) is 0 Å². The summed E-state index contributed by atoms with van der Waals surface area (Å²) in [6, 6.07) is 0. The first-order chi connectivity index (χ1) is 5.77. The first kappa shape index (κ1) is 9.62. The molecule has 0 N–H and O–H groups in total. The molecule has 4 heteroatoms. The van der Waals surface area contributed by atoms with Crippen LogP contribution in [-0.2, 0) is 13.0 Å². The molecule has 1 aromatic heterocycles. The minimum Gasteiger partial charge on any atom is -0.330 e. The predicted octanol–water partition coefficient (Wildman–Crippen LogP) is 2.76. The molecule has 0 aliphatic carbocycles. The van der Waals surface area contributed by atoms with E-state index >= 15 is 0 Å². The molecule has 1 rings (SSSR count). The summed E-state index contributed by atoms with van der Waals surface area (Å²) < 4.78 is 1.97. The van der Waals surface area contributed by atoms with Gasteiger partial charge in [0.15, 0.2) is 0 Å². The molecule has 0 aliphatic rings. The number of hydrogen-bond donors (Lipinski definition) is 0. The van der Waals surface area contributed by atoms with Crippen LogP contribution in [0.1, 0.15) is 12.7 Å². The van der Waals surface area contributed by atoms with Gasteiger partial charge in [-0.2, -0.15) is 0 Å². The van der Waals surface area contributed by atoms with E-state index in [1.807, 2.05) is 10.8 Å². The van der Waals surface area contributed by atoms with Crippen LogP contribution in [0.5, 0.6) is 0 Å². The summed E-state index contributed by atoms with van der Waals surface area (Å²) in [5, 5.41) is 0.615. The first-order valence-electron chi connectivity index (χ1n) is 3.72. The average Bonchev–Trinajstić information content (AvgIpc) is 2.51. The minimum atomic E-state index is 0.605. The Kier molecular flexibility index (Phi) is 3.63. The third-order valence-electron chi connectivity index (χ3n) is 1.56. The zero-order valence-electron chi connectivity index (χ0n) is 6.80. The Morgan fingerprint density at radius 1 is 1.75 bits per heavy atom. The summed E-state index contributed by atoms with van der Waals surface area (Å²) in [7, 11) is 0. The molecule has 0 aliphatic heterocycles. The van der Waals surface area contributed by atoms with Crippen molar-refractivity contribution >= 4 is 23.2 Å². The van der Waals surface area contributed by atoms with Gasteiger partial charge in [0.05, 0.1) is 6.54 Å². The Hall–Kier alpha value is -0.470. The zero-order valence-corrected chi connectivity index (χ0v) is 8.31. The molecule has 0 amide bonds. The van der Waals surface area contributed by atoms with Crippen LogP contribution in [-0.4, -0.2) is 9.55 Å². The van der Waals surface area contributed by atoms with Crippen LogP contribution in [0.4, 0.5) is 0 Å². The second-order valence-electron chi connectivity index (χ2n) is 2.38. The lowest BCUT2D eigenvalue weighted by Gasteiger charge is -2.03. The molecule has 0 spiro atoms. The lowest BCUT2D eigenvalue weighted by molar-refractivity contribution is 0.741. The van der Waals surface area contributed by atoms with Crippen molar-refractivity contribution in [2.45, 2.75) is 19.9 Å². The summed E-state index contributed by atoms with van der Waals surface area (Å²) in [5.74, 6) is 1.02. The van der Waals surface area contributed by atoms with Crippen molar-refractivity contribution in [3.63, 3.8) is 0 Å². The topological polar surface area (TPSA) is 17.8 Å². The molecule has 1 heterocycles. The maximum atomic E-state index is 5.77. The van der Waals surface area contributed by atoms with E-state index in [0.717, 1.165) is 12.2 Å². The fraction of sp³-hybridized carbons (Fsp3) is 0.375. The predicted molar refractivity (Wildman–Crippen MR) is 51.4 cm³/mol. The molecule has 12 heavy (non-hydrogen) atoms. The van der Waals surface area contributed by atoms with E-state index in [2.05, 4.69) is 11.9 Å². The molecule has 0 unspecified atom stereocenters. The number of allylic oxidation sites excluding steroid dienone is 1. The largest absolute Gasteiger partial charge is 0.330 e. The summed E-state index contributed by atoms with van der Waals surface area (Å²) in [5.41, 5.74) is 1.38. The summed E-state index contributed by atoms with van der Waals surface area (Å²) in [6.07, 6.45) is 4.55. The Labute approximate surface area is 81.8 Å². The number of imidazole rings is 1. The van der Waals surface area contributed by atoms with Gasteiger partial charge in [-0.15, -0.1) is 0 Å². The Morgan fingerprint density at radius 2 is 2.50 bits per heavy atom. The maximum absolute atomic E-state index is 5.77. The minimum absolute atomic E-state index is 0.605. The molecule has 0 bridgehead atoms. The van der Waals surface area contributed by atoms with Crippen LogP contribution < -0.4 is 0 Å². The van der Waals surface area contributed by atoms with E-state index in [-0.39, 0.29) is 0 Å². The van der Waals surface area contributed by atoms with E-state index < -0.39 is 0 Å². The van der Waals surface area contributed by atoms with Crippen molar-refractivity contribution in [2.24, 2.45) is 0 Å². The molecule has 0 saturated heterocycles. The monoisotopic (exact) mass is 204 g/mol. The van der Waals surface area contributed by atoms with Gasteiger partial charge in [0.2, 0.25) is 0 Å².